The van der Waals surface area contributed by atoms with Crippen molar-refractivity contribution in [3.63, 3.8) is 0 Å². The van der Waals surface area contributed by atoms with Crippen molar-refractivity contribution in [3.05, 3.63) is 24.2 Å². The molecule has 0 amide bonds. The highest BCUT2D eigenvalue weighted by Crippen LogP contribution is 2.40. The first kappa shape index (κ1) is 15.1. The maximum atomic E-state index is 4.61. The minimum absolute atomic E-state index is 0.463. The van der Waals surface area contributed by atoms with Gasteiger partial charge in [0.05, 0.1) is 12.6 Å². The predicted octanol–water partition coefficient (Wildman–Crippen LogP) is 2.11. The molecule has 4 heterocycles. The highest BCUT2D eigenvalue weighted by atomic mass is 32.1. The Balaban J connectivity index is 1.58. The topological polar surface area (TPSA) is 50.1 Å². The number of fused-ring (bicyclic) bond motifs is 1. The van der Waals surface area contributed by atoms with Crippen molar-refractivity contribution in [2.45, 2.75) is 51.4 Å². The highest BCUT2D eigenvalue weighted by Gasteiger charge is 2.45. The minimum Gasteiger partial charge on any atom is -0.340 e. The summed E-state index contributed by atoms with van der Waals surface area (Å²) in [5.74, 6) is 0.726. The molecule has 0 unspecified atom stereocenters. The number of nitrogens with zero attached hydrogens (tertiary/aromatic N) is 6. The van der Waals surface area contributed by atoms with Crippen LogP contribution < -0.4 is 4.90 Å². The summed E-state index contributed by atoms with van der Waals surface area (Å²) in [5, 5.41) is 7.56. The number of rotatable bonds is 4. The lowest BCUT2D eigenvalue weighted by Crippen LogP contribution is -2.49. The molecule has 0 aromatic carbocycles. The summed E-state index contributed by atoms with van der Waals surface area (Å²) in [6.45, 7) is 7.91. The number of anilines is 1. The molecule has 23 heavy (non-hydrogen) atoms. The van der Waals surface area contributed by atoms with Gasteiger partial charge in [0.15, 0.2) is 5.13 Å². The van der Waals surface area contributed by atoms with Gasteiger partial charge in [-0.1, -0.05) is 0 Å². The molecule has 2 saturated heterocycles. The normalized spacial score (nSPS) is 28.5. The van der Waals surface area contributed by atoms with Crippen molar-refractivity contribution in [1.29, 1.82) is 0 Å². The molecule has 0 aliphatic carbocycles. The smallest absolute Gasteiger partial charge is 0.185 e. The van der Waals surface area contributed by atoms with E-state index in [0.717, 1.165) is 12.5 Å². The SMILES string of the molecule is CC(C)N1CC[C@@H]2[C@@H](C[C@H](Cn3cncn3)N2c2nccs2)C1. The van der Waals surface area contributed by atoms with Crippen molar-refractivity contribution >= 4 is 16.5 Å². The van der Waals surface area contributed by atoms with E-state index >= 15 is 0 Å². The van der Waals surface area contributed by atoms with Crippen molar-refractivity contribution in [2.24, 2.45) is 5.92 Å². The fraction of sp³-hybridized carbons (Fsp3) is 0.688. The van der Waals surface area contributed by atoms with Gasteiger partial charge in [0.25, 0.3) is 0 Å². The van der Waals surface area contributed by atoms with Crippen LogP contribution in [0.1, 0.15) is 26.7 Å². The Morgan fingerprint density at radius 2 is 2.30 bits per heavy atom. The van der Waals surface area contributed by atoms with E-state index in [9.17, 15) is 0 Å². The van der Waals surface area contributed by atoms with Crippen LogP contribution in [-0.4, -0.2) is 55.9 Å². The Morgan fingerprint density at radius 3 is 3.00 bits per heavy atom. The first-order valence-corrected chi connectivity index (χ1v) is 9.34. The van der Waals surface area contributed by atoms with Crippen molar-refractivity contribution < 1.29 is 0 Å². The van der Waals surface area contributed by atoms with E-state index in [1.807, 2.05) is 17.2 Å². The number of hydrogen-bond acceptors (Lipinski definition) is 6. The summed E-state index contributed by atoms with van der Waals surface area (Å²) in [6, 6.07) is 1.72. The molecule has 0 radical (unpaired) electrons. The van der Waals surface area contributed by atoms with Crippen LogP contribution >= 0.6 is 11.3 Å². The number of thiazole rings is 1. The number of aromatic nitrogens is 4. The van der Waals surface area contributed by atoms with E-state index in [4.69, 9.17) is 0 Å². The van der Waals surface area contributed by atoms with Gasteiger partial charge in [-0.3, -0.25) is 4.68 Å². The summed E-state index contributed by atoms with van der Waals surface area (Å²) in [6.07, 6.45) is 7.81. The van der Waals surface area contributed by atoms with Crippen LogP contribution in [0.2, 0.25) is 0 Å². The zero-order chi connectivity index (χ0) is 15.8. The summed E-state index contributed by atoms with van der Waals surface area (Å²) in [7, 11) is 0. The second kappa shape index (κ2) is 6.20. The van der Waals surface area contributed by atoms with E-state index in [2.05, 4.69) is 44.1 Å². The zero-order valence-corrected chi connectivity index (χ0v) is 14.6. The zero-order valence-electron chi connectivity index (χ0n) is 13.7. The van der Waals surface area contributed by atoms with Crippen LogP contribution in [0.5, 0.6) is 0 Å². The number of likely N-dealkylation sites (tertiary alicyclic amines) is 1. The van der Waals surface area contributed by atoms with Gasteiger partial charge in [0.1, 0.15) is 12.7 Å². The second-order valence-electron chi connectivity index (χ2n) is 6.93. The average Bonchev–Trinajstić information content (AvgIpc) is 3.26. The molecule has 0 saturated carbocycles. The quantitative estimate of drug-likeness (QED) is 0.858. The van der Waals surface area contributed by atoms with Crippen molar-refractivity contribution in [3.8, 4) is 0 Å². The van der Waals surface area contributed by atoms with E-state index < -0.39 is 0 Å². The Labute approximate surface area is 141 Å². The lowest BCUT2D eigenvalue weighted by molar-refractivity contribution is 0.135. The maximum Gasteiger partial charge on any atom is 0.185 e. The first-order valence-electron chi connectivity index (χ1n) is 8.46. The molecule has 3 atom stereocenters. The molecule has 0 spiro atoms. The van der Waals surface area contributed by atoms with Crippen LogP contribution in [0.3, 0.4) is 0 Å². The van der Waals surface area contributed by atoms with Crippen LogP contribution in [0.15, 0.2) is 24.2 Å². The van der Waals surface area contributed by atoms with Gasteiger partial charge in [-0.2, -0.15) is 5.10 Å². The lowest BCUT2D eigenvalue weighted by Gasteiger charge is -2.40. The van der Waals surface area contributed by atoms with E-state index in [-0.39, 0.29) is 0 Å². The van der Waals surface area contributed by atoms with Gasteiger partial charge in [-0.25, -0.2) is 9.97 Å². The van der Waals surface area contributed by atoms with Crippen LogP contribution in [-0.2, 0) is 6.54 Å². The van der Waals surface area contributed by atoms with Crippen molar-refractivity contribution in [1.82, 2.24) is 24.6 Å². The van der Waals surface area contributed by atoms with Gasteiger partial charge in [-0.15, -0.1) is 11.3 Å². The molecular formula is C16H24N6S. The van der Waals surface area contributed by atoms with E-state index in [0.29, 0.717) is 18.1 Å². The summed E-state index contributed by atoms with van der Waals surface area (Å²) < 4.78 is 1.96. The summed E-state index contributed by atoms with van der Waals surface area (Å²) in [4.78, 5) is 13.9. The Bertz CT molecular complexity index is 611. The Kier molecular flexibility index (Phi) is 4.07. The molecule has 2 aromatic rings. The molecular weight excluding hydrogens is 308 g/mol. The fourth-order valence-corrected chi connectivity index (χ4v) is 4.97. The molecule has 2 aliphatic heterocycles. The van der Waals surface area contributed by atoms with Crippen molar-refractivity contribution in [2.75, 3.05) is 18.0 Å². The fourth-order valence-electron chi connectivity index (χ4n) is 4.20. The van der Waals surface area contributed by atoms with Gasteiger partial charge in [0.2, 0.25) is 0 Å². The van der Waals surface area contributed by atoms with Gasteiger partial charge in [-0.05, 0) is 32.6 Å². The summed E-state index contributed by atoms with van der Waals surface area (Å²) in [5.41, 5.74) is 0. The predicted molar refractivity (Wildman–Crippen MR) is 91.6 cm³/mol. The molecule has 2 fully saturated rings. The van der Waals surface area contributed by atoms with Gasteiger partial charge in [0, 0.05) is 36.8 Å². The van der Waals surface area contributed by atoms with Crippen LogP contribution in [0, 0.1) is 5.92 Å². The lowest BCUT2D eigenvalue weighted by atomic mass is 9.91. The highest BCUT2D eigenvalue weighted by molar-refractivity contribution is 7.13. The second-order valence-corrected chi connectivity index (χ2v) is 7.81. The van der Waals surface area contributed by atoms with E-state index in [1.54, 1.807) is 17.7 Å². The van der Waals surface area contributed by atoms with Crippen LogP contribution in [0.4, 0.5) is 5.13 Å². The van der Waals surface area contributed by atoms with Gasteiger partial charge < -0.3 is 9.80 Å². The number of piperidine rings is 1. The Morgan fingerprint density at radius 1 is 1.39 bits per heavy atom. The third kappa shape index (κ3) is 2.87. The molecule has 124 valence electrons. The van der Waals surface area contributed by atoms with Gasteiger partial charge >= 0.3 is 0 Å². The average molecular weight is 332 g/mol. The number of hydrogen-bond donors (Lipinski definition) is 0. The minimum atomic E-state index is 0.463. The summed E-state index contributed by atoms with van der Waals surface area (Å²) >= 11 is 1.76. The molecule has 0 bridgehead atoms. The van der Waals surface area contributed by atoms with Crippen LogP contribution in [0.25, 0.3) is 0 Å². The monoisotopic (exact) mass is 332 g/mol. The molecule has 2 aromatic heterocycles. The maximum absolute atomic E-state index is 4.61. The van der Waals surface area contributed by atoms with E-state index in [1.165, 1.54) is 31.1 Å². The molecule has 4 rings (SSSR count). The molecule has 2 aliphatic rings. The third-order valence-corrected chi connectivity index (χ3v) is 6.07. The third-order valence-electron chi connectivity index (χ3n) is 5.29. The molecule has 6 nitrogen and oxygen atoms in total. The molecule has 0 N–H and O–H groups in total. The first-order chi connectivity index (χ1) is 11.2. The largest absolute Gasteiger partial charge is 0.340 e. The Hall–Kier alpha value is -1.47. The molecule has 7 heteroatoms. The standard InChI is InChI=1S/C16H24N6S/c1-12(2)20-5-3-15-13(8-20)7-14(9-21-11-17-10-19-21)22(15)16-18-4-6-23-16/h4,6,10-15H,3,5,7-9H2,1-2H3/t13-,14+,15+/m0/s1.